The van der Waals surface area contributed by atoms with Crippen molar-refractivity contribution in [3.63, 3.8) is 0 Å². The van der Waals surface area contributed by atoms with Gasteiger partial charge >= 0.3 is 5.97 Å². The fraction of sp³-hybridized carbons (Fsp3) is 0.632. The topological polar surface area (TPSA) is 63.7 Å². The summed E-state index contributed by atoms with van der Waals surface area (Å²) in [5.41, 5.74) is 0. The highest BCUT2D eigenvalue weighted by molar-refractivity contribution is 5.96. The van der Waals surface area contributed by atoms with E-state index < -0.39 is 5.97 Å². The van der Waals surface area contributed by atoms with Crippen molar-refractivity contribution in [1.29, 1.82) is 0 Å². The first-order valence-electron chi connectivity index (χ1n) is 8.67. The third-order valence-electron chi connectivity index (χ3n) is 4.48. The van der Waals surface area contributed by atoms with E-state index in [9.17, 15) is 14.4 Å². The van der Waals surface area contributed by atoms with Crippen LogP contribution in [0.1, 0.15) is 39.5 Å². The average Bonchev–Trinajstić information content (AvgIpc) is 2.60. The molecule has 0 bridgehead atoms. The van der Waals surface area contributed by atoms with Crippen molar-refractivity contribution in [3.05, 3.63) is 24.3 Å². The highest BCUT2D eigenvalue weighted by Gasteiger charge is 2.22. The molecule has 1 unspecified atom stereocenters. The van der Waals surface area contributed by atoms with Gasteiger partial charge in [-0.15, -0.1) is 0 Å². The molecule has 0 aromatic rings. The largest absolute Gasteiger partial charge is 0.466 e. The zero-order chi connectivity index (χ0) is 17.9. The number of hydrogen-bond donors (Lipinski definition) is 0. The minimum atomic E-state index is -0.501. The Bertz CT molecular complexity index is 488. The van der Waals surface area contributed by atoms with Crippen molar-refractivity contribution in [2.45, 2.75) is 39.5 Å². The Kier molecular flexibility index (Phi) is 9.23. The van der Waals surface area contributed by atoms with Crippen LogP contribution in [0.4, 0.5) is 0 Å². The van der Waals surface area contributed by atoms with Crippen molar-refractivity contribution in [3.8, 4) is 0 Å². The van der Waals surface area contributed by atoms with Gasteiger partial charge in [-0.2, -0.15) is 0 Å². The molecule has 0 radical (unpaired) electrons. The summed E-state index contributed by atoms with van der Waals surface area (Å²) in [5, 5.41) is 0. The summed E-state index contributed by atoms with van der Waals surface area (Å²) < 4.78 is 4.49. The molecule has 0 amide bonds. The Morgan fingerprint density at radius 1 is 1.17 bits per heavy atom. The zero-order valence-electron chi connectivity index (χ0n) is 15.0. The van der Waals surface area contributed by atoms with Gasteiger partial charge in [-0.05, 0) is 50.4 Å². The fourth-order valence-electron chi connectivity index (χ4n) is 2.85. The smallest absolute Gasteiger partial charge is 0.330 e. The number of carbonyl (C=O) groups excluding carboxylic acids is 3. The van der Waals surface area contributed by atoms with Crippen molar-refractivity contribution < 1.29 is 19.1 Å². The molecule has 1 fully saturated rings. The van der Waals surface area contributed by atoms with Crippen LogP contribution in [0, 0.1) is 11.8 Å². The summed E-state index contributed by atoms with van der Waals surface area (Å²) in [5.74, 6) is 0.0945. The van der Waals surface area contributed by atoms with Crippen molar-refractivity contribution >= 4 is 17.5 Å². The van der Waals surface area contributed by atoms with Gasteiger partial charge in [0.2, 0.25) is 0 Å². The second-order valence-electron chi connectivity index (χ2n) is 6.36. The Morgan fingerprint density at radius 3 is 2.42 bits per heavy atom. The number of piperidine rings is 1. The van der Waals surface area contributed by atoms with Crippen LogP contribution in [0.25, 0.3) is 0 Å². The molecule has 24 heavy (non-hydrogen) atoms. The molecule has 0 saturated carbocycles. The molecule has 134 valence electrons. The fourth-order valence-corrected chi connectivity index (χ4v) is 2.85. The average molecular weight is 335 g/mol. The summed E-state index contributed by atoms with van der Waals surface area (Å²) in [6, 6.07) is 0. The van der Waals surface area contributed by atoms with Gasteiger partial charge in [-0.25, -0.2) is 4.79 Å². The zero-order valence-corrected chi connectivity index (χ0v) is 15.0. The van der Waals surface area contributed by atoms with Gasteiger partial charge in [-0.1, -0.05) is 19.9 Å². The number of carbonyl (C=O) groups is 3. The first-order valence-corrected chi connectivity index (χ1v) is 8.67. The minimum Gasteiger partial charge on any atom is -0.466 e. The number of likely N-dealkylation sites (tertiary alicyclic amines) is 1. The minimum absolute atomic E-state index is 0.0242. The number of ether oxygens (including phenoxy) is 1. The van der Waals surface area contributed by atoms with Gasteiger partial charge in [0, 0.05) is 25.0 Å². The number of nitrogens with zero attached hydrogens (tertiary/aromatic N) is 1. The Hall–Kier alpha value is -1.75. The SMILES string of the molecule is CCC(=O)/C=C/CN1CCC(CC(C)C(=O)/C=C/C(=O)OC)CC1. The van der Waals surface area contributed by atoms with Crippen LogP contribution in [0.15, 0.2) is 24.3 Å². The van der Waals surface area contributed by atoms with Crippen molar-refractivity contribution in [2.75, 3.05) is 26.7 Å². The van der Waals surface area contributed by atoms with Crippen LogP contribution in [-0.2, 0) is 19.1 Å². The summed E-state index contributed by atoms with van der Waals surface area (Å²) in [4.78, 5) is 36.6. The summed E-state index contributed by atoms with van der Waals surface area (Å²) in [6.45, 7) is 6.58. The monoisotopic (exact) mass is 335 g/mol. The molecule has 1 rings (SSSR count). The van der Waals surface area contributed by atoms with E-state index in [1.165, 1.54) is 19.3 Å². The van der Waals surface area contributed by atoms with Gasteiger partial charge < -0.3 is 4.74 Å². The first-order chi connectivity index (χ1) is 11.5. The maximum absolute atomic E-state index is 12.0. The van der Waals surface area contributed by atoms with Crippen LogP contribution in [0.2, 0.25) is 0 Å². The number of hydrogen-bond acceptors (Lipinski definition) is 5. The lowest BCUT2D eigenvalue weighted by molar-refractivity contribution is -0.135. The van der Waals surface area contributed by atoms with E-state index in [1.807, 2.05) is 19.9 Å². The van der Waals surface area contributed by atoms with E-state index in [0.29, 0.717) is 12.3 Å². The highest BCUT2D eigenvalue weighted by Crippen LogP contribution is 2.24. The van der Waals surface area contributed by atoms with E-state index in [1.54, 1.807) is 6.08 Å². The second kappa shape index (κ2) is 10.9. The third kappa shape index (κ3) is 7.68. The van der Waals surface area contributed by atoms with Gasteiger partial charge in [0.05, 0.1) is 7.11 Å². The molecule has 0 aliphatic carbocycles. The number of ketones is 2. The highest BCUT2D eigenvalue weighted by atomic mass is 16.5. The molecular formula is C19H29NO4. The molecule has 0 N–H and O–H groups in total. The Labute approximate surface area is 144 Å². The van der Waals surface area contributed by atoms with E-state index in [0.717, 1.165) is 38.9 Å². The van der Waals surface area contributed by atoms with Crippen LogP contribution in [0.5, 0.6) is 0 Å². The van der Waals surface area contributed by atoms with Crippen LogP contribution < -0.4 is 0 Å². The van der Waals surface area contributed by atoms with Gasteiger partial charge in [0.25, 0.3) is 0 Å². The van der Waals surface area contributed by atoms with E-state index >= 15 is 0 Å². The summed E-state index contributed by atoms with van der Waals surface area (Å²) in [7, 11) is 1.29. The molecule has 1 atom stereocenters. The van der Waals surface area contributed by atoms with Crippen LogP contribution in [-0.4, -0.2) is 49.2 Å². The lowest BCUT2D eigenvalue weighted by atomic mass is 9.86. The van der Waals surface area contributed by atoms with Crippen molar-refractivity contribution in [2.24, 2.45) is 11.8 Å². The lowest BCUT2D eigenvalue weighted by Crippen LogP contribution is -2.34. The number of esters is 1. The first kappa shape index (κ1) is 20.3. The molecule has 5 heteroatoms. The van der Waals surface area contributed by atoms with Gasteiger partial charge in [0.15, 0.2) is 11.6 Å². The van der Waals surface area contributed by atoms with E-state index in [-0.39, 0.29) is 17.5 Å². The maximum Gasteiger partial charge on any atom is 0.330 e. The molecule has 1 aliphatic heterocycles. The normalized spacial score (nSPS) is 18.1. The van der Waals surface area contributed by atoms with Gasteiger partial charge in [-0.3, -0.25) is 14.5 Å². The standard InChI is InChI=1S/C19H29NO4/c1-4-17(21)6-5-11-20-12-9-16(10-13-20)14-15(2)18(22)7-8-19(23)24-3/h5-8,15-16H,4,9-14H2,1-3H3/b6-5+,8-7+. The Morgan fingerprint density at radius 2 is 1.83 bits per heavy atom. The molecular weight excluding hydrogens is 306 g/mol. The van der Waals surface area contributed by atoms with Crippen LogP contribution in [0.3, 0.4) is 0 Å². The maximum atomic E-state index is 12.0. The quantitative estimate of drug-likeness (QED) is 0.479. The third-order valence-corrected chi connectivity index (χ3v) is 4.48. The number of methoxy groups -OCH3 is 1. The molecule has 1 saturated heterocycles. The summed E-state index contributed by atoms with van der Waals surface area (Å²) in [6.07, 6.45) is 9.64. The molecule has 0 aromatic carbocycles. The van der Waals surface area contributed by atoms with Gasteiger partial charge in [0.1, 0.15) is 0 Å². The Balaban J connectivity index is 2.31. The number of allylic oxidation sites excluding steroid dienone is 2. The molecule has 0 aromatic heterocycles. The van der Waals surface area contributed by atoms with Crippen LogP contribution >= 0.6 is 0 Å². The number of rotatable bonds is 9. The van der Waals surface area contributed by atoms with E-state index in [4.69, 9.17) is 0 Å². The molecule has 0 spiro atoms. The van der Waals surface area contributed by atoms with Crippen molar-refractivity contribution in [1.82, 2.24) is 4.90 Å². The molecule has 5 nitrogen and oxygen atoms in total. The predicted octanol–water partition coefficient (Wildman–Crippen LogP) is 2.56. The molecule has 1 heterocycles. The predicted molar refractivity (Wildman–Crippen MR) is 93.5 cm³/mol. The second-order valence-corrected chi connectivity index (χ2v) is 6.36. The summed E-state index contributed by atoms with van der Waals surface area (Å²) >= 11 is 0. The van der Waals surface area contributed by atoms with E-state index in [2.05, 4.69) is 9.64 Å². The lowest BCUT2D eigenvalue weighted by Gasteiger charge is -2.32. The molecule has 1 aliphatic rings.